The average Bonchev–Trinajstić information content (AvgIpc) is 2.46. The fourth-order valence-electron chi connectivity index (χ4n) is 2.07. The van der Waals surface area contributed by atoms with Crippen LogP contribution in [0.2, 0.25) is 0 Å². The van der Waals surface area contributed by atoms with Crippen molar-refractivity contribution in [3.8, 4) is 22.6 Å². The monoisotopic (exact) mass is 354 g/mol. The Balaban J connectivity index is 2.77. The van der Waals surface area contributed by atoms with Gasteiger partial charge in [-0.3, -0.25) is 0 Å². The van der Waals surface area contributed by atoms with Crippen LogP contribution in [0.25, 0.3) is 11.1 Å². The van der Waals surface area contributed by atoms with Crippen molar-refractivity contribution in [1.82, 2.24) is 0 Å². The van der Waals surface area contributed by atoms with E-state index in [1.54, 1.807) is 12.1 Å². The first kappa shape index (κ1) is 15.3. The van der Waals surface area contributed by atoms with E-state index in [0.717, 1.165) is 6.07 Å². The van der Waals surface area contributed by atoms with E-state index >= 15 is 0 Å². The van der Waals surface area contributed by atoms with Gasteiger partial charge in [0.2, 0.25) is 0 Å². The van der Waals surface area contributed by atoms with Crippen LogP contribution in [0.15, 0.2) is 34.8 Å². The van der Waals surface area contributed by atoms with Crippen molar-refractivity contribution in [2.24, 2.45) is 0 Å². The first-order valence-electron chi connectivity index (χ1n) is 5.94. The molecule has 4 nitrogen and oxygen atoms in total. The van der Waals surface area contributed by atoms with Crippen LogP contribution in [-0.4, -0.2) is 25.3 Å². The van der Waals surface area contributed by atoms with Gasteiger partial charge in [0.15, 0.2) is 0 Å². The summed E-state index contributed by atoms with van der Waals surface area (Å²) in [5.74, 6) is -1.22. The van der Waals surface area contributed by atoms with E-state index in [9.17, 15) is 14.3 Å². The predicted octanol–water partition coefficient (Wildman–Crippen LogP) is 3.97. The molecular formula is C15H12BrFO4. The lowest BCUT2D eigenvalue weighted by Crippen LogP contribution is -2.04. The molecule has 0 fully saturated rings. The number of hydrogen-bond donors (Lipinski definition) is 1. The second kappa shape index (κ2) is 6.13. The third-order valence-electron chi connectivity index (χ3n) is 3.00. The highest BCUT2D eigenvalue weighted by molar-refractivity contribution is 9.10. The van der Waals surface area contributed by atoms with Crippen molar-refractivity contribution in [2.75, 3.05) is 14.2 Å². The van der Waals surface area contributed by atoms with E-state index in [2.05, 4.69) is 15.9 Å². The molecule has 2 aromatic carbocycles. The highest BCUT2D eigenvalue weighted by atomic mass is 79.9. The lowest BCUT2D eigenvalue weighted by atomic mass is 9.98. The molecule has 110 valence electrons. The van der Waals surface area contributed by atoms with Crippen molar-refractivity contribution in [3.63, 3.8) is 0 Å². The van der Waals surface area contributed by atoms with E-state index in [-0.39, 0.29) is 5.56 Å². The Kier molecular flexibility index (Phi) is 4.47. The summed E-state index contributed by atoms with van der Waals surface area (Å²) in [4.78, 5) is 11.3. The number of benzene rings is 2. The minimum Gasteiger partial charge on any atom is -0.495 e. The van der Waals surface area contributed by atoms with Crippen molar-refractivity contribution >= 4 is 21.9 Å². The van der Waals surface area contributed by atoms with Crippen LogP contribution in [0.4, 0.5) is 4.39 Å². The molecule has 0 aromatic heterocycles. The summed E-state index contributed by atoms with van der Waals surface area (Å²) >= 11 is 3.34. The lowest BCUT2D eigenvalue weighted by molar-refractivity contribution is 0.0693. The molecular weight excluding hydrogens is 343 g/mol. The summed E-state index contributed by atoms with van der Waals surface area (Å²) in [6.45, 7) is 0. The number of hydrogen-bond acceptors (Lipinski definition) is 3. The van der Waals surface area contributed by atoms with Gasteiger partial charge in [-0.2, -0.15) is 0 Å². The van der Waals surface area contributed by atoms with Crippen LogP contribution < -0.4 is 9.47 Å². The van der Waals surface area contributed by atoms with Gasteiger partial charge in [0.1, 0.15) is 27.4 Å². The quantitative estimate of drug-likeness (QED) is 0.902. The molecule has 0 aliphatic heterocycles. The normalized spacial score (nSPS) is 10.3. The van der Waals surface area contributed by atoms with Crippen molar-refractivity contribution < 1.29 is 23.8 Å². The molecule has 0 heterocycles. The van der Waals surface area contributed by atoms with Gasteiger partial charge in [-0.25, -0.2) is 9.18 Å². The van der Waals surface area contributed by atoms with Gasteiger partial charge < -0.3 is 14.6 Å². The zero-order valence-corrected chi connectivity index (χ0v) is 12.9. The number of aromatic carboxylic acids is 1. The zero-order valence-electron chi connectivity index (χ0n) is 11.3. The number of carbonyl (C=O) groups is 1. The van der Waals surface area contributed by atoms with Crippen molar-refractivity contribution in [2.45, 2.75) is 0 Å². The molecule has 0 spiro atoms. The third kappa shape index (κ3) is 2.71. The van der Waals surface area contributed by atoms with Gasteiger partial charge in [-0.15, -0.1) is 0 Å². The Morgan fingerprint density at radius 3 is 2.43 bits per heavy atom. The van der Waals surface area contributed by atoms with Gasteiger partial charge >= 0.3 is 5.97 Å². The predicted molar refractivity (Wildman–Crippen MR) is 79.6 cm³/mol. The topological polar surface area (TPSA) is 55.8 Å². The molecule has 0 radical (unpaired) electrons. The van der Waals surface area contributed by atoms with Crippen LogP contribution in [0.1, 0.15) is 10.4 Å². The van der Waals surface area contributed by atoms with E-state index in [1.165, 1.54) is 26.4 Å². The molecule has 0 aliphatic carbocycles. The summed E-state index contributed by atoms with van der Waals surface area (Å²) in [7, 11) is 2.95. The minimum absolute atomic E-state index is 0.239. The molecule has 2 rings (SSSR count). The smallest absolute Gasteiger partial charge is 0.339 e. The number of carboxylic acid groups (broad SMARTS) is 1. The highest BCUT2D eigenvalue weighted by Gasteiger charge is 2.21. The fraction of sp³-hybridized carbons (Fsp3) is 0.133. The van der Waals surface area contributed by atoms with Crippen LogP contribution in [0.3, 0.4) is 0 Å². The molecule has 2 aromatic rings. The zero-order chi connectivity index (χ0) is 15.6. The summed E-state index contributed by atoms with van der Waals surface area (Å²) in [5.41, 5.74) is 0.303. The molecule has 0 atom stereocenters. The third-order valence-corrected chi connectivity index (χ3v) is 3.75. The molecule has 6 heteroatoms. The Morgan fingerprint density at radius 2 is 1.86 bits per heavy atom. The maximum Gasteiger partial charge on any atom is 0.339 e. The number of methoxy groups -OCH3 is 2. The lowest BCUT2D eigenvalue weighted by Gasteiger charge is -2.15. The van der Waals surface area contributed by atoms with Crippen LogP contribution in [-0.2, 0) is 0 Å². The first-order valence-corrected chi connectivity index (χ1v) is 6.73. The van der Waals surface area contributed by atoms with Gasteiger partial charge in [0.05, 0.1) is 14.2 Å². The Morgan fingerprint density at radius 1 is 1.14 bits per heavy atom. The van der Waals surface area contributed by atoms with Crippen molar-refractivity contribution in [3.05, 3.63) is 46.2 Å². The number of ether oxygens (including phenoxy) is 2. The Hall–Kier alpha value is -2.08. The van der Waals surface area contributed by atoms with Crippen molar-refractivity contribution in [1.29, 1.82) is 0 Å². The van der Waals surface area contributed by atoms with Gasteiger partial charge in [-0.05, 0) is 34.1 Å². The highest BCUT2D eigenvalue weighted by Crippen LogP contribution is 2.43. The largest absolute Gasteiger partial charge is 0.495 e. The second-order valence-electron chi connectivity index (χ2n) is 4.13. The Labute approximate surface area is 129 Å². The SMILES string of the molecule is COc1ccc(-c2cccc(F)c2C(=O)O)c(OC)c1Br. The van der Waals surface area contributed by atoms with Gasteiger partial charge in [0.25, 0.3) is 0 Å². The molecule has 0 unspecified atom stereocenters. The molecule has 0 saturated heterocycles. The van der Waals surface area contributed by atoms with Crippen LogP contribution >= 0.6 is 15.9 Å². The van der Waals surface area contributed by atoms with Gasteiger partial charge in [0, 0.05) is 11.1 Å². The Bertz CT molecular complexity index is 700. The fourth-order valence-corrected chi connectivity index (χ4v) is 2.74. The average molecular weight is 355 g/mol. The molecule has 0 amide bonds. The first-order chi connectivity index (χ1) is 10.0. The van der Waals surface area contributed by atoms with Crippen LogP contribution in [0, 0.1) is 5.82 Å². The molecule has 0 bridgehead atoms. The molecule has 0 aliphatic rings. The molecule has 21 heavy (non-hydrogen) atoms. The standard InChI is InChI=1S/C15H12BrFO4/c1-20-11-7-6-9(14(21-2)13(11)16)8-4-3-5-10(17)12(8)15(18)19/h3-7H,1-2H3,(H,18,19). The number of carboxylic acids is 1. The number of rotatable bonds is 4. The minimum atomic E-state index is -1.34. The van der Waals surface area contributed by atoms with Gasteiger partial charge in [-0.1, -0.05) is 12.1 Å². The number of halogens is 2. The second-order valence-corrected chi connectivity index (χ2v) is 4.92. The summed E-state index contributed by atoms with van der Waals surface area (Å²) in [6.07, 6.45) is 0. The molecule has 0 saturated carbocycles. The summed E-state index contributed by atoms with van der Waals surface area (Å²) in [5, 5.41) is 9.22. The van der Waals surface area contributed by atoms with E-state index in [4.69, 9.17) is 9.47 Å². The summed E-state index contributed by atoms with van der Waals surface area (Å²) in [6, 6.07) is 7.37. The maximum atomic E-state index is 13.8. The summed E-state index contributed by atoms with van der Waals surface area (Å²) < 4.78 is 24.8. The molecule has 1 N–H and O–H groups in total. The van der Waals surface area contributed by atoms with E-state index in [1.807, 2.05) is 0 Å². The maximum absolute atomic E-state index is 13.8. The van der Waals surface area contributed by atoms with E-state index < -0.39 is 17.3 Å². The van der Waals surface area contributed by atoms with E-state index in [0.29, 0.717) is 21.5 Å². The van der Waals surface area contributed by atoms with Crippen LogP contribution in [0.5, 0.6) is 11.5 Å².